The van der Waals surface area contributed by atoms with E-state index in [1.807, 2.05) is 23.1 Å². The molecule has 0 bridgehead atoms. The number of carbonyl (C=O) groups excluding carboxylic acids is 3. The molecule has 1 saturated carbocycles. The summed E-state index contributed by atoms with van der Waals surface area (Å²) in [6.45, 7) is 13.4. The standard InChI is InChI=1S/C33H51N3O6/c1-21(2)15-24(32(3,4)40)17-28(37)22-16-23(20-34-19-22)30(38)36(25-9-10-25)26-11-12-29-27(18-26)35(13-8-14-41-7)31(39)33(5,6)42-29/h11-12,18,21-25,34,40H,8-10,13-17,19-20H2,1-7H3/t22-,23+,24-/m0/s1. The first-order valence-corrected chi connectivity index (χ1v) is 15.7. The van der Waals surface area contributed by atoms with Gasteiger partial charge in [-0.2, -0.15) is 0 Å². The number of benzene rings is 1. The number of nitrogens with zero attached hydrogens (tertiary/aromatic N) is 2. The van der Waals surface area contributed by atoms with E-state index < -0.39 is 11.2 Å². The monoisotopic (exact) mass is 585 g/mol. The van der Waals surface area contributed by atoms with Gasteiger partial charge in [-0.15, -0.1) is 0 Å². The molecular weight excluding hydrogens is 534 g/mol. The van der Waals surface area contributed by atoms with Crippen molar-refractivity contribution < 1.29 is 29.0 Å². The fraction of sp³-hybridized carbons (Fsp3) is 0.727. The Morgan fingerprint density at radius 2 is 1.90 bits per heavy atom. The van der Waals surface area contributed by atoms with Crippen LogP contribution in [0.3, 0.4) is 0 Å². The van der Waals surface area contributed by atoms with Crippen LogP contribution in [-0.4, -0.2) is 73.3 Å². The minimum Gasteiger partial charge on any atom is -0.476 e. The van der Waals surface area contributed by atoms with Crippen molar-refractivity contribution >= 4 is 29.0 Å². The van der Waals surface area contributed by atoms with Crippen molar-refractivity contribution in [3.05, 3.63) is 18.2 Å². The maximum atomic E-state index is 14.1. The van der Waals surface area contributed by atoms with Gasteiger partial charge in [0.1, 0.15) is 11.5 Å². The summed E-state index contributed by atoms with van der Waals surface area (Å²) in [6, 6.07) is 5.79. The molecule has 42 heavy (non-hydrogen) atoms. The molecule has 9 nitrogen and oxygen atoms in total. The number of nitrogens with one attached hydrogen (secondary N) is 1. The second-order valence-electron chi connectivity index (χ2n) is 13.9. The van der Waals surface area contributed by atoms with Crippen molar-refractivity contribution in [1.29, 1.82) is 0 Å². The molecule has 1 saturated heterocycles. The van der Waals surface area contributed by atoms with Gasteiger partial charge in [-0.05, 0) is 89.8 Å². The minimum atomic E-state index is -0.984. The van der Waals surface area contributed by atoms with E-state index in [2.05, 4.69) is 19.2 Å². The molecule has 3 aliphatic rings. The molecule has 2 fully saturated rings. The SMILES string of the molecule is COCCCN1C(=O)C(C)(C)Oc2ccc(N(C(=O)[C@H]3CNC[C@@H](C(=O)C[C@H](CC(C)C)C(C)(C)O)C3)C3CC3)cc21. The second kappa shape index (κ2) is 13.0. The smallest absolute Gasteiger partial charge is 0.270 e. The highest BCUT2D eigenvalue weighted by Crippen LogP contribution is 2.43. The van der Waals surface area contributed by atoms with E-state index in [1.165, 1.54) is 0 Å². The van der Waals surface area contributed by atoms with Crippen molar-refractivity contribution in [3.8, 4) is 5.75 Å². The van der Waals surface area contributed by atoms with E-state index in [9.17, 15) is 19.5 Å². The lowest BCUT2D eigenvalue weighted by molar-refractivity contribution is -0.132. The number of hydrogen-bond acceptors (Lipinski definition) is 7. The highest BCUT2D eigenvalue weighted by Gasteiger charge is 2.43. The molecule has 0 spiro atoms. The third-order valence-electron chi connectivity index (χ3n) is 8.87. The number of amides is 2. The summed E-state index contributed by atoms with van der Waals surface area (Å²) in [5.41, 5.74) is -0.502. The van der Waals surface area contributed by atoms with Gasteiger partial charge in [0.05, 0.1) is 17.2 Å². The van der Waals surface area contributed by atoms with Crippen LogP contribution in [0.4, 0.5) is 11.4 Å². The van der Waals surface area contributed by atoms with Crippen LogP contribution in [0.2, 0.25) is 0 Å². The number of fused-ring (bicyclic) bond motifs is 1. The maximum absolute atomic E-state index is 14.1. The van der Waals surface area contributed by atoms with Crippen LogP contribution in [0.15, 0.2) is 18.2 Å². The highest BCUT2D eigenvalue weighted by atomic mass is 16.5. The molecule has 1 aliphatic carbocycles. The van der Waals surface area contributed by atoms with Crippen LogP contribution < -0.4 is 19.9 Å². The Morgan fingerprint density at radius 1 is 1.21 bits per heavy atom. The van der Waals surface area contributed by atoms with Crippen LogP contribution in [-0.2, 0) is 19.1 Å². The highest BCUT2D eigenvalue weighted by molar-refractivity contribution is 6.04. The van der Waals surface area contributed by atoms with Crippen molar-refractivity contribution in [3.63, 3.8) is 0 Å². The van der Waals surface area contributed by atoms with E-state index in [0.29, 0.717) is 62.9 Å². The van der Waals surface area contributed by atoms with Gasteiger partial charge in [0.15, 0.2) is 5.60 Å². The molecule has 1 aromatic carbocycles. The summed E-state index contributed by atoms with van der Waals surface area (Å²) < 4.78 is 11.3. The van der Waals surface area contributed by atoms with E-state index in [1.54, 1.807) is 39.7 Å². The third kappa shape index (κ3) is 7.53. The molecule has 0 aromatic heterocycles. The summed E-state index contributed by atoms with van der Waals surface area (Å²) >= 11 is 0. The average molecular weight is 586 g/mol. The molecular formula is C33H51N3O6. The maximum Gasteiger partial charge on any atom is 0.270 e. The first-order valence-electron chi connectivity index (χ1n) is 15.7. The summed E-state index contributed by atoms with van der Waals surface area (Å²) in [5.74, 6) is 0.288. The average Bonchev–Trinajstić information content (AvgIpc) is 3.75. The predicted octanol–water partition coefficient (Wildman–Crippen LogP) is 4.34. The van der Waals surface area contributed by atoms with Crippen molar-refractivity contribution in [2.24, 2.45) is 23.7 Å². The summed E-state index contributed by atoms with van der Waals surface area (Å²) in [7, 11) is 1.64. The Hall–Kier alpha value is -2.49. The molecule has 2 N–H and O–H groups in total. The molecule has 4 rings (SSSR count). The first-order chi connectivity index (χ1) is 19.7. The lowest BCUT2D eigenvalue weighted by Gasteiger charge is -2.40. The Kier molecular flexibility index (Phi) is 10.1. The van der Waals surface area contributed by atoms with Gasteiger partial charge in [-0.25, -0.2) is 0 Å². The topological polar surface area (TPSA) is 108 Å². The number of methoxy groups -OCH3 is 1. The molecule has 3 atom stereocenters. The van der Waals surface area contributed by atoms with Crippen molar-refractivity contribution in [2.75, 3.05) is 43.2 Å². The summed E-state index contributed by atoms with van der Waals surface area (Å²) in [6.07, 6.45) is 4.12. The third-order valence-corrected chi connectivity index (χ3v) is 8.87. The Bertz CT molecular complexity index is 1140. The van der Waals surface area contributed by atoms with Crippen LogP contribution in [0.1, 0.15) is 80.1 Å². The van der Waals surface area contributed by atoms with E-state index in [-0.39, 0.29) is 41.4 Å². The summed E-state index contributed by atoms with van der Waals surface area (Å²) in [4.78, 5) is 44.5. The van der Waals surface area contributed by atoms with Crippen molar-refractivity contribution in [2.45, 2.75) is 97.3 Å². The molecule has 0 unspecified atom stereocenters. The van der Waals surface area contributed by atoms with Crippen molar-refractivity contribution in [1.82, 2.24) is 5.32 Å². The zero-order valence-electron chi connectivity index (χ0n) is 26.6. The normalized spacial score (nSPS) is 22.9. The second-order valence-corrected chi connectivity index (χ2v) is 13.9. The number of hydrogen-bond donors (Lipinski definition) is 2. The molecule has 0 radical (unpaired) electrons. The van der Waals surface area contributed by atoms with Crippen LogP contribution in [0.5, 0.6) is 5.75 Å². The molecule has 234 valence electrons. The number of ether oxygens (including phenoxy) is 2. The Labute approximate surface area is 251 Å². The number of carbonyl (C=O) groups is 3. The quantitative estimate of drug-likeness (QED) is 0.332. The van der Waals surface area contributed by atoms with Gasteiger partial charge in [-0.3, -0.25) is 14.4 Å². The van der Waals surface area contributed by atoms with Gasteiger partial charge < -0.3 is 29.7 Å². The number of rotatable bonds is 13. The molecule has 2 aliphatic heterocycles. The van der Waals surface area contributed by atoms with Crippen LogP contribution in [0, 0.1) is 23.7 Å². The fourth-order valence-corrected chi connectivity index (χ4v) is 6.32. The zero-order chi connectivity index (χ0) is 30.8. The van der Waals surface area contributed by atoms with Gasteiger partial charge in [0.25, 0.3) is 5.91 Å². The minimum absolute atomic E-state index is 0.0120. The molecule has 2 heterocycles. The van der Waals surface area contributed by atoms with Crippen LogP contribution >= 0.6 is 0 Å². The van der Waals surface area contributed by atoms with Crippen LogP contribution in [0.25, 0.3) is 0 Å². The van der Waals surface area contributed by atoms with Gasteiger partial charge >= 0.3 is 0 Å². The predicted molar refractivity (Wildman–Crippen MR) is 164 cm³/mol. The lowest BCUT2D eigenvalue weighted by atomic mass is 9.77. The number of Topliss-reactive ketones (excluding diaryl/α,β-unsaturated/α-hetero) is 1. The van der Waals surface area contributed by atoms with E-state index in [0.717, 1.165) is 24.9 Å². The van der Waals surface area contributed by atoms with Gasteiger partial charge in [-0.1, -0.05) is 13.8 Å². The molecule has 2 amide bonds. The molecule has 9 heteroatoms. The largest absolute Gasteiger partial charge is 0.476 e. The van der Waals surface area contributed by atoms with E-state index >= 15 is 0 Å². The molecule has 1 aromatic rings. The fourth-order valence-electron chi connectivity index (χ4n) is 6.32. The van der Waals surface area contributed by atoms with Gasteiger partial charge in [0, 0.05) is 57.4 Å². The Morgan fingerprint density at radius 3 is 2.52 bits per heavy atom. The Balaban J connectivity index is 1.53. The number of piperidine rings is 1. The van der Waals surface area contributed by atoms with Gasteiger partial charge in [0.2, 0.25) is 5.91 Å². The number of aliphatic hydroxyl groups is 1. The summed E-state index contributed by atoms with van der Waals surface area (Å²) in [5, 5.41) is 14.1. The number of anilines is 2. The number of ketones is 1. The zero-order valence-corrected chi connectivity index (χ0v) is 26.6. The van der Waals surface area contributed by atoms with E-state index in [4.69, 9.17) is 9.47 Å². The lowest BCUT2D eigenvalue weighted by Crippen LogP contribution is -2.53. The first kappa shape index (κ1) is 32.4.